The van der Waals surface area contributed by atoms with Gasteiger partial charge in [-0.25, -0.2) is 0 Å². The largest absolute Gasteiger partial charge is 0.396 e. The highest BCUT2D eigenvalue weighted by Crippen LogP contribution is 2.52. The maximum absolute atomic E-state index is 11.3. The molecule has 2 saturated carbocycles. The van der Waals surface area contributed by atoms with E-state index < -0.39 is 0 Å². The standard InChI is InChI=1S/C14H21NO2/c1-2-3-13(17)15-12-8-14(9-12)6-4-11(10-16)5-7-14/h11-12,16H,4-10H2,1H3,(H,15,17). The zero-order chi connectivity index (χ0) is 12.3. The average molecular weight is 235 g/mol. The van der Waals surface area contributed by atoms with E-state index >= 15 is 0 Å². The highest BCUT2D eigenvalue weighted by Gasteiger charge is 2.46. The summed E-state index contributed by atoms with van der Waals surface area (Å²) in [5.74, 6) is 5.51. The first-order valence-electron chi connectivity index (χ1n) is 6.51. The first-order chi connectivity index (χ1) is 8.17. The van der Waals surface area contributed by atoms with E-state index in [0.717, 1.165) is 25.7 Å². The first-order valence-corrected chi connectivity index (χ1v) is 6.51. The molecule has 0 aromatic carbocycles. The molecule has 0 radical (unpaired) electrons. The molecule has 0 heterocycles. The van der Waals surface area contributed by atoms with Crippen LogP contribution in [0.2, 0.25) is 0 Å². The molecule has 0 aromatic heterocycles. The maximum atomic E-state index is 11.3. The molecule has 0 unspecified atom stereocenters. The topological polar surface area (TPSA) is 49.3 Å². The van der Waals surface area contributed by atoms with Crippen LogP contribution < -0.4 is 5.32 Å². The molecular formula is C14H21NO2. The molecule has 1 amide bonds. The van der Waals surface area contributed by atoms with Crippen molar-refractivity contribution in [2.24, 2.45) is 11.3 Å². The number of carbonyl (C=O) groups is 1. The molecule has 0 aliphatic heterocycles. The Balaban J connectivity index is 1.74. The molecule has 0 bridgehead atoms. The van der Waals surface area contributed by atoms with Gasteiger partial charge in [0.25, 0.3) is 5.91 Å². The van der Waals surface area contributed by atoms with Gasteiger partial charge in [-0.05, 0) is 62.7 Å². The van der Waals surface area contributed by atoms with Gasteiger partial charge in [0.15, 0.2) is 0 Å². The third-order valence-electron chi connectivity index (χ3n) is 4.36. The molecular weight excluding hydrogens is 214 g/mol. The van der Waals surface area contributed by atoms with Gasteiger partial charge in [0, 0.05) is 12.6 Å². The smallest absolute Gasteiger partial charge is 0.296 e. The minimum Gasteiger partial charge on any atom is -0.396 e. The number of hydrogen-bond donors (Lipinski definition) is 2. The number of rotatable bonds is 2. The third kappa shape index (κ3) is 2.81. The summed E-state index contributed by atoms with van der Waals surface area (Å²) in [6.45, 7) is 2.01. The van der Waals surface area contributed by atoms with E-state index in [2.05, 4.69) is 17.2 Å². The van der Waals surface area contributed by atoms with Crippen LogP contribution in [0.1, 0.15) is 45.4 Å². The quantitative estimate of drug-likeness (QED) is 0.712. The fourth-order valence-corrected chi connectivity index (χ4v) is 3.30. The van der Waals surface area contributed by atoms with Crippen molar-refractivity contribution >= 4 is 5.91 Å². The second-order valence-electron chi connectivity index (χ2n) is 5.58. The zero-order valence-corrected chi connectivity index (χ0v) is 10.5. The lowest BCUT2D eigenvalue weighted by atomic mass is 9.57. The van der Waals surface area contributed by atoms with E-state index in [9.17, 15) is 4.79 Å². The van der Waals surface area contributed by atoms with Crippen LogP contribution in [0.3, 0.4) is 0 Å². The molecule has 0 saturated heterocycles. The van der Waals surface area contributed by atoms with Crippen molar-refractivity contribution in [3.63, 3.8) is 0 Å². The Hall–Kier alpha value is -1.01. The van der Waals surface area contributed by atoms with Crippen LogP contribution in [-0.4, -0.2) is 23.7 Å². The van der Waals surface area contributed by atoms with Crippen LogP contribution in [0, 0.1) is 23.2 Å². The summed E-state index contributed by atoms with van der Waals surface area (Å²) in [4.78, 5) is 11.3. The summed E-state index contributed by atoms with van der Waals surface area (Å²) in [5.41, 5.74) is 0.462. The summed E-state index contributed by atoms with van der Waals surface area (Å²) in [6, 6.07) is 0.328. The minimum atomic E-state index is -0.142. The average Bonchev–Trinajstić information content (AvgIpc) is 2.28. The minimum absolute atomic E-state index is 0.142. The summed E-state index contributed by atoms with van der Waals surface area (Å²) in [7, 11) is 0. The second kappa shape index (κ2) is 5.10. The lowest BCUT2D eigenvalue weighted by molar-refractivity contribution is -0.118. The van der Waals surface area contributed by atoms with Crippen LogP contribution in [0.15, 0.2) is 0 Å². The zero-order valence-electron chi connectivity index (χ0n) is 10.5. The Morgan fingerprint density at radius 3 is 2.59 bits per heavy atom. The van der Waals surface area contributed by atoms with Gasteiger partial charge in [-0.1, -0.05) is 5.92 Å². The van der Waals surface area contributed by atoms with Gasteiger partial charge in [0.2, 0.25) is 0 Å². The summed E-state index contributed by atoms with van der Waals surface area (Å²) < 4.78 is 0. The van der Waals surface area contributed by atoms with Gasteiger partial charge in [-0.15, -0.1) is 0 Å². The molecule has 2 aliphatic rings. The Morgan fingerprint density at radius 2 is 2.06 bits per heavy atom. The van der Waals surface area contributed by atoms with Crippen LogP contribution in [-0.2, 0) is 4.79 Å². The van der Waals surface area contributed by atoms with E-state index in [1.54, 1.807) is 6.92 Å². The van der Waals surface area contributed by atoms with E-state index in [0.29, 0.717) is 24.0 Å². The molecule has 94 valence electrons. The van der Waals surface area contributed by atoms with Crippen molar-refractivity contribution in [3.8, 4) is 11.8 Å². The van der Waals surface area contributed by atoms with Crippen molar-refractivity contribution in [2.75, 3.05) is 6.61 Å². The number of aliphatic hydroxyl groups excluding tert-OH is 1. The molecule has 3 nitrogen and oxygen atoms in total. The van der Waals surface area contributed by atoms with E-state index in [4.69, 9.17) is 5.11 Å². The number of aliphatic hydroxyl groups is 1. The lowest BCUT2D eigenvalue weighted by Crippen LogP contribution is -2.51. The summed E-state index contributed by atoms with van der Waals surface area (Å²) in [5, 5.41) is 12.1. The highest BCUT2D eigenvalue weighted by atomic mass is 16.3. The molecule has 0 aromatic rings. The molecule has 2 rings (SSSR count). The molecule has 2 N–H and O–H groups in total. The van der Waals surface area contributed by atoms with Gasteiger partial charge < -0.3 is 10.4 Å². The van der Waals surface area contributed by atoms with E-state index in [-0.39, 0.29) is 5.91 Å². The summed E-state index contributed by atoms with van der Waals surface area (Å²) in [6.07, 6.45) is 6.91. The molecule has 1 spiro atoms. The number of nitrogens with one attached hydrogen (secondary N) is 1. The van der Waals surface area contributed by atoms with Crippen molar-refractivity contribution in [1.82, 2.24) is 5.32 Å². The van der Waals surface area contributed by atoms with Gasteiger partial charge in [-0.2, -0.15) is 0 Å². The predicted octanol–water partition coefficient (Wildman–Crippen LogP) is 1.46. The maximum Gasteiger partial charge on any atom is 0.296 e. The second-order valence-corrected chi connectivity index (χ2v) is 5.58. The normalized spacial score (nSPS) is 35.6. The molecule has 17 heavy (non-hydrogen) atoms. The molecule has 3 heteroatoms. The number of amides is 1. The Labute approximate surface area is 103 Å². The molecule has 2 fully saturated rings. The molecule has 2 aliphatic carbocycles. The Morgan fingerprint density at radius 1 is 1.41 bits per heavy atom. The predicted molar refractivity (Wildman–Crippen MR) is 66.1 cm³/mol. The Bertz CT molecular complexity index is 337. The van der Waals surface area contributed by atoms with Gasteiger partial charge in [0.1, 0.15) is 0 Å². The van der Waals surface area contributed by atoms with Crippen LogP contribution >= 0.6 is 0 Å². The van der Waals surface area contributed by atoms with Crippen LogP contribution in [0.5, 0.6) is 0 Å². The fourth-order valence-electron chi connectivity index (χ4n) is 3.30. The van der Waals surface area contributed by atoms with Crippen molar-refractivity contribution in [3.05, 3.63) is 0 Å². The van der Waals surface area contributed by atoms with E-state index in [1.807, 2.05) is 0 Å². The van der Waals surface area contributed by atoms with Crippen LogP contribution in [0.25, 0.3) is 0 Å². The van der Waals surface area contributed by atoms with E-state index in [1.165, 1.54) is 12.8 Å². The lowest BCUT2D eigenvalue weighted by Gasteiger charge is -2.51. The monoisotopic (exact) mass is 235 g/mol. The van der Waals surface area contributed by atoms with Gasteiger partial charge >= 0.3 is 0 Å². The van der Waals surface area contributed by atoms with Gasteiger partial charge in [-0.3, -0.25) is 4.79 Å². The summed E-state index contributed by atoms with van der Waals surface area (Å²) >= 11 is 0. The number of hydrogen-bond acceptors (Lipinski definition) is 2. The molecule has 0 atom stereocenters. The van der Waals surface area contributed by atoms with Gasteiger partial charge in [0.05, 0.1) is 0 Å². The highest BCUT2D eigenvalue weighted by molar-refractivity contribution is 5.93. The SMILES string of the molecule is CC#CC(=O)NC1CC2(CCC(CO)CC2)C1. The Kier molecular flexibility index (Phi) is 3.73. The van der Waals surface area contributed by atoms with Crippen LogP contribution in [0.4, 0.5) is 0 Å². The first kappa shape index (κ1) is 12.4. The number of carbonyl (C=O) groups excluding carboxylic acids is 1. The fraction of sp³-hybridized carbons (Fsp3) is 0.786. The van der Waals surface area contributed by atoms with Crippen molar-refractivity contribution in [1.29, 1.82) is 0 Å². The van der Waals surface area contributed by atoms with Crippen molar-refractivity contribution in [2.45, 2.75) is 51.5 Å². The van der Waals surface area contributed by atoms with Crippen molar-refractivity contribution < 1.29 is 9.90 Å². The third-order valence-corrected chi connectivity index (χ3v) is 4.36.